The Morgan fingerprint density at radius 2 is 1.84 bits per heavy atom. The van der Waals surface area contributed by atoms with Crippen molar-refractivity contribution in [3.05, 3.63) is 82.9 Å². The van der Waals surface area contributed by atoms with E-state index in [0.29, 0.717) is 18.8 Å². The second kappa shape index (κ2) is 9.34. The van der Waals surface area contributed by atoms with Crippen molar-refractivity contribution in [1.29, 1.82) is 0 Å². The van der Waals surface area contributed by atoms with Crippen molar-refractivity contribution < 1.29 is 9.59 Å². The normalized spacial score (nSPS) is 15.8. The second-order valence-electron chi connectivity index (χ2n) is 7.43. The fourth-order valence-electron chi connectivity index (χ4n) is 3.59. The molecule has 8 heteroatoms. The molecule has 8 nitrogen and oxygen atoms in total. The van der Waals surface area contributed by atoms with Gasteiger partial charge in [-0.3, -0.25) is 19.4 Å². The number of amides is 2. The van der Waals surface area contributed by atoms with Gasteiger partial charge in [-0.05, 0) is 18.2 Å². The summed E-state index contributed by atoms with van der Waals surface area (Å²) in [7, 11) is 0. The molecule has 2 amide bonds. The summed E-state index contributed by atoms with van der Waals surface area (Å²) in [5, 5.41) is 7.22. The van der Waals surface area contributed by atoms with E-state index in [2.05, 4.69) is 15.4 Å². The van der Waals surface area contributed by atoms with Gasteiger partial charge in [0, 0.05) is 37.3 Å². The molecule has 1 aliphatic rings. The zero-order chi connectivity index (χ0) is 21.6. The number of carbonyl (C=O) groups excluding carboxylic acids is 2. The molecule has 1 atom stereocenters. The van der Waals surface area contributed by atoms with Crippen LogP contribution in [0.5, 0.6) is 0 Å². The van der Waals surface area contributed by atoms with Gasteiger partial charge in [-0.2, -0.15) is 5.10 Å². The van der Waals surface area contributed by atoms with E-state index >= 15 is 0 Å². The van der Waals surface area contributed by atoms with E-state index in [0.717, 1.165) is 11.3 Å². The lowest BCUT2D eigenvalue weighted by molar-refractivity contribution is -0.129. The number of hydrogen-bond acceptors (Lipinski definition) is 5. The minimum Gasteiger partial charge on any atom is -0.354 e. The van der Waals surface area contributed by atoms with Crippen molar-refractivity contribution in [1.82, 2.24) is 25.0 Å². The highest BCUT2D eigenvalue weighted by atomic mass is 16.2. The van der Waals surface area contributed by atoms with Gasteiger partial charge in [-0.1, -0.05) is 36.4 Å². The number of likely N-dealkylation sites (tertiary alicyclic amines) is 1. The average Bonchev–Trinajstić information content (AvgIpc) is 3.16. The Bertz CT molecular complexity index is 1110. The summed E-state index contributed by atoms with van der Waals surface area (Å²) in [4.78, 5) is 42.8. The molecule has 4 rings (SSSR count). The van der Waals surface area contributed by atoms with Gasteiger partial charge in [0.15, 0.2) is 0 Å². The summed E-state index contributed by atoms with van der Waals surface area (Å²) in [5.41, 5.74) is 2.17. The molecule has 3 aromatic rings. The van der Waals surface area contributed by atoms with Gasteiger partial charge >= 0.3 is 0 Å². The lowest BCUT2D eigenvalue weighted by Crippen LogP contribution is -2.36. The maximum Gasteiger partial charge on any atom is 0.266 e. The predicted octanol–water partition coefficient (Wildman–Crippen LogP) is 1.47. The first-order chi connectivity index (χ1) is 15.1. The van der Waals surface area contributed by atoms with Crippen LogP contribution in [0.2, 0.25) is 0 Å². The molecule has 1 aromatic carbocycles. The zero-order valence-corrected chi connectivity index (χ0v) is 17.0. The quantitative estimate of drug-likeness (QED) is 0.628. The molecule has 158 valence electrons. The van der Waals surface area contributed by atoms with Crippen LogP contribution < -0.4 is 10.9 Å². The monoisotopic (exact) mass is 417 g/mol. The van der Waals surface area contributed by atoms with E-state index in [1.807, 2.05) is 48.5 Å². The highest BCUT2D eigenvalue weighted by molar-refractivity contribution is 5.89. The number of rotatable bonds is 7. The van der Waals surface area contributed by atoms with Crippen LogP contribution in [-0.2, 0) is 22.7 Å². The van der Waals surface area contributed by atoms with Gasteiger partial charge in [0.2, 0.25) is 11.8 Å². The number of pyridine rings is 1. The Balaban J connectivity index is 1.31. The molecule has 1 N–H and O–H groups in total. The van der Waals surface area contributed by atoms with Gasteiger partial charge < -0.3 is 10.2 Å². The van der Waals surface area contributed by atoms with E-state index in [1.165, 1.54) is 10.7 Å². The van der Waals surface area contributed by atoms with Gasteiger partial charge in [0.25, 0.3) is 5.56 Å². The lowest BCUT2D eigenvalue weighted by atomic mass is 10.1. The molecular weight excluding hydrogens is 394 g/mol. The fraction of sp³-hybridized carbons (Fsp3) is 0.261. The van der Waals surface area contributed by atoms with Crippen LogP contribution in [0.4, 0.5) is 0 Å². The number of hydrogen-bond donors (Lipinski definition) is 1. The summed E-state index contributed by atoms with van der Waals surface area (Å²) >= 11 is 0. The Morgan fingerprint density at radius 1 is 1.03 bits per heavy atom. The molecule has 1 saturated heterocycles. The molecule has 0 aliphatic carbocycles. The summed E-state index contributed by atoms with van der Waals surface area (Å²) in [6.45, 7) is 1.27. The van der Waals surface area contributed by atoms with E-state index in [9.17, 15) is 14.4 Å². The number of nitrogens with zero attached hydrogens (tertiary/aromatic N) is 4. The Labute approximate surface area is 179 Å². The summed E-state index contributed by atoms with van der Waals surface area (Å²) in [6.07, 6.45) is 1.86. The number of carbonyl (C=O) groups is 2. The van der Waals surface area contributed by atoms with Crippen molar-refractivity contribution in [2.75, 3.05) is 13.1 Å². The molecule has 31 heavy (non-hydrogen) atoms. The maximum atomic E-state index is 12.5. The molecule has 2 aromatic heterocycles. The molecule has 0 saturated carbocycles. The summed E-state index contributed by atoms with van der Waals surface area (Å²) in [5.74, 6) is -0.653. The molecular formula is C23H23N5O3. The first-order valence-electron chi connectivity index (χ1n) is 10.2. The van der Waals surface area contributed by atoms with Crippen LogP contribution in [0.3, 0.4) is 0 Å². The van der Waals surface area contributed by atoms with E-state index in [1.54, 1.807) is 17.2 Å². The molecule has 0 radical (unpaired) electrons. The minimum absolute atomic E-state index is 0.0562. The SMILES string of the molecule is O=C(NCCn1nc(-c2ccccc2)ccc1=O)C1CC(=O)N(Cc2ccccn2)C1. The first kappa shape index (κ1) is 20.5. The van der Waals surface area contributed by atoms with Crippen LogP contribution in [-0.4, -0.2) is 44.6 Å². The van der Waals surface area contributed by atoms with Crippen molar-refractivity contribution in [3.8, 4) is 11.3 Å². The first-order valence-corrected chi connectivity index (χ1v) is 10.2. The largest absolute Gasteiger partial charge is 0.354 e. The smallest absolute Gasteiger partial charge is 0.266 e. The zero-order valence-electron chi connectivity index (χ0n) is 17.0. The predicted molar refractivity (Wildman–Crippen MR) is 115 cm³/mol. The highest BCUT2D eigenvalue weighted by Gasteiger charge is 2.34. The Kier molecular flexibility index (Phi) is 6.16. The van der Waals surface area contributed by atoms with Crippen LogP contribution in [0.1, 0.15) is 12.1 Å². The third-order valence-electron chi connectivity index (χ3n) is 5.22. The van der Waals surface area contributed by atoms with Gasteiger partial charge in [-0.25, -0.2) is 4.68 Å². The molecule has 3 heterocycles. The lowest BCUT2D eigenvalue weighted by Gasteiger charge is -2.16. The van der Waals surface area contributed by atoms with Crippen LogP contribution in [0.25, 0.3) is 11.3 Å². The molecule has 0 spiro atoms. The van der Waals surface area contributed by atoms with Gasteiger partial charge in [0.05, 0.1) is 30.4 Å². The number of aromatic nitrogens is 3. The number of benzene rings is 1. The van der Waals surface area contributed by atoms with Crippen LogP contribution >= 0.6 is 0 Å². The second-order valence-corrected chi connectivity index (χ2v) is 7.43. The molecule has 0 bridgehead atoms. The highest BCUT2D eigenvalue weighted by Crippen LogP contribution is 2.20. The average molecular weight is 417 g/mol. The molecule has 1 aliphatic heterocycles. The topological polar surface area (TPSA) is 97.2 Å². The van der Waals surface area contributed by atoms with Crippen LogP contribution in [0.15, 0.2) is 71.7 Å². The summed E-state index contributed by atoms with van der Waals surface area (Å²) in [6, 6.07) is 18.3. The molecule has 1 fully saturated rings. The maximum absolute atomic E-state index is 12.5. The van der Waals surface area contributed by atoms with E-state index in [-0.39, 0.29) is 36.9 Å². The van der Waals surface area contributed by atoms with E-state index in [4.69, 9.17) is 0 Å². The third-order valence-corrected chi connectivity index (χ3v) is 5.22. The summed E-state index contributed by atoms with van der Waals surface area (Å²) < 4.78 is 1.34. The Morgan fingerprint density at radius 3 is 2.61 bits per heavy atom. The third kappa shape index (κ3) is 5.03. The van der Waals surface area contributed by atoms with Crippen molar-refractivity contribution in [2.45, 2.75) is 19.5 Å². The Hall–Kier alpha value is -3.81. The molecule has 1 unspecified atom stereocenters. The standard InChI is InChI=1S/C23H23N5O3/c29-21-10-9-20(17-6-2-1-3-7-17)26-28(21)13-12-25-23(31)18-14-22(30)27(15-18)16-19-8-4-5-11-24-19/h1-11,18H,12-16H2,(H,25,31). The van der Waals surface area contributed by atoms with Crippen molar-refractivity contribution >= 4 is 11.8 Å². The fourth-order valence-corrected chi connectivity index (χ4v) is 3.59. The number of nitrogens with one attached hydrogen (secondary N) is 1. The van der Waals surface area contributed by atoms with Gasteiger partial charge in [-0.15, -0.1) is 0 Å². The van der Waals surface area contributed by atoms with Crippen LogP contribution in [0, 0.1) is 5.92 Å². The van der Waals surface area contributed by atoms with Crippen molar-refractivity contribution in [2.24, 2.45) is 5.92 Å². The van der Waals surface area contributed by atoms with Gasteiger partial charge in [0.1, 0.15) is 0 Å². The van der Waals surface area contributed by atoms with Crippen molar-refractivity contribution in [3.63, 3.8) is 0 Å². The minimum atomic E-state index is -0.406. The van der Waals surface area contributed by atoms with E-state index < -0.39 is 5.92 Å².